The number of H-pyrrole nitrogens is 1. The van der Waals surface area contributed by atoms with Crippen LogP contribution in [0, 0.1) is 0 Å². The first-order valence-electron chi connectivity index (χ1n) is 5.91. The minimum Gasteiger partial charge on any atom is -0.452 e. The van der Waals surface area contributed by atoms with E-state index in [1.807, 2.05) is 36.4 Å². The van der Waals surface area contributed by atoms with Crippen molar-refractivity contribution < 1.29 is 13.9 Å². The number of benzene rings is 1. The predicted molar refractivity (Wildman–Crippen MR) is 67.8 cm³/mol. The summed E-state index contributed by atoms with van der Waals surface area (Å²) >= 11 is 0. The Bertz CT molecular complexity index is 749. The molecule has 0 amide bonds. The Morgan fingerprint density at radius 2 is 1.84 bits per heavy atom. The van der Waals surface area contributed by atoms with Crippen molar-refractivity contribution in [2.45, 2.75) is 6.29 Å². The van der Waals surface area contributed by atoms with E-state index in [9.17, 15) is 0 Å². The highest BCUT2D eigenvalue weighted by atomic mass is 16.7. The Kier molecular flexibility index (Phi) is 2.11. The highest BCUT2D eigenvalue weighted by Gasteiger charge is 2.21. The lowest BCUT2D eigenvalue weighted by atomic mass is 10.2. The van der Waals surface area contributed by atoms with Gasteiger partial charge in [0.05, 0.1) is 5.52 Å². The van der Waals surface area contributed by atoms with Gasteiger partial charge in [0.2, 0.25) is 0 Å². The summed E-state index contributed by atoms with van der Waals surface area (Å²) in [6.45, 7) is 0. The second kappa shape index (κ2) is 3.91. The number of nitrogens with zero attached hydrogens (tertiary/aromatic N) is 1. The minimum absolute atomic E-state index is 0.501. The summed E-state index contributed by atoms with van der Waals surface area (Å²) in [6, 6.07) is 11.6. The fraction of sp³-hybridized carbons (Fsp3) is 0.0714. The molecule has 1 aliphatic rings. The first kappa shape index (κ1) is 10.3. The number of furan rings is 1. The van der Waals surface area contributed by atoms with Gasteiger partial charge in [-0.3, -0.25) is 5.10 Å². The van der Waals surface area contributed by atoms with Gasteiger partial charge in [-0.1, -0.05) is 18.2 Å². The molecule has 4 rings (SSSR count). The number of hydrogen-bond acceptors (Lipinski definition) is 4. The van der Waals surface area contributed by atoms with Crippen LogP contribution in [0.3, 0.4) is 0 Å². The molecule has 3 heterocycles. The van der Waals surface area contributed by atoms with Gasteiger partial charge in [-0.05, 0) is 18.2 Å². The first-order valence-corrected chi connectivity index (χ1v) is 5.91. The van der Waals surface area contributed by atoms with E-state index in [0.717, 1.165) is 16.6 Å². The maximum Gasteiger partial charge on any atom is 0.299 e. The molecule has 1 aromatic carbocycles. The smallest absolute Gasteiger partial charge is 0.299 e. The zero-order valence-electron chi connectivity index (χ0n) is 9.87. The summed E-state index contributed by atoms with van der Waals surface area (Å²) in [6.07, 6.45) is 2.49. The Morgan fingerprint density at radius 3 is 2.74 bits per heavy atom. The lowest BCUT2D eigenvalue weighted by Crippen LogP contribution is -1.94. The third kappa shape index (κ3) is 1.59. The topological polar surface area (TPSA) is 60.3 Å². The van der Waals surface area contributed by atoms with Crippen molar-refractivity contribution in [3.63, 3.8) is 0 Å². The first-order chi connectivity index (χ1) is 9.42. The zero-order chi connectivity index (χ0) is 12.7. The normalized spacial score (nSPS) is 14.7. The maximum atomic E-state index is 5.75. The second-order valence-electron chi connectivity index (χ2n) is 4.20. The molecule has 0 radical (unpaired) electrons. The Labute approximate surface area is 108 Å². The molecule has 1 N–H and O–H groups in total. The largest absolute Gasteiger partial charge is 0.452 e. The molecule has 0 saturated heterocycles. The average molecular weight is 254 g/mol. The molecule has 94 valence electrons. The standard InChI is InChI=1S/C14H10N2O3/c1-2-4-10-9(3-1)13(16-15-10)11-5-6-12(19-11)14-17-7-8-18-14/h1-8,14H,(H,15,16). The molecule has 0 saturated carbocycles. The molecule has 3 aromatic rings. The van der Waals surface area contributed by atoms with Crippen LogP contribution in [-0.2, 0) is 9.47 Å². The van der Waals surface area contributed by atoms with E-state index in [1.165, 1.54) is 12.5 Å². The van der Waals surface area contributed by atoms with Crippen LogP contribution in [0.2, 0.25) is 0 Å². The number of aromatic amines is 1. The van der Waals surface area contributed by atoms with Crippen LogP contribution in [0.5, 0.6) is 0 Å². The number of para-hydroxylation sites is 1. The van der Waals surface area contributed by atoms with Crippen LogP contribution in [0.15, 0.2) is 53.3 Å². The predicted octanol–water partition coefficient (Wildman–Crippen LogP) is 3.34. The fourth-order valence-electron chi connectivity index (χ4n) is 2.13. The van der Waals surface area contributed by atoms with Crippen molar-refractivity contribution in [1.82, 2.24) is 10.2 Å². The van der Waals surface area contributed by atoms with Crippen molar-refractivity contribution in [2.24, 2.45) is 0 Å². The van der Waals surface area contributed by atoms with E-state index in [-0.39, 0.29) is 0 Å². The monoisotopic (exact) mass is 254 g/mol. The Morgan fingerprint density at radius 1 is 1.00 bits per heavy atom. The van der Waals surface area contributed by atoms with Gasteiger partial charge in [0.25, 0.3) is 6.29 Å². The third-order valence-corrected chi connectivity index (χ3v) is 3.02. The van der Waals surface area contributed by atoms with Gasteiger partial charge < -0.3 is 13.9 Å². The van der Waals surface area contributed by atoms with Crippen LogP contribution in [-0.4, -0.2) is 10.2 Å². The van der Waals surface area contributed by atoms with Crippen LogP contribution >= 0.6 is 0 Å². The van der Waals surface area contributed by atoms with Gasteiger partial charge in [-0.2, -0.15) is 5.10 Å². The highest BCUT2D eigenvalue weighted by Crippen LogP contribution is 2.32. The summed E-state index contributed by atoms with van der Waals surface area (Å²) in [5.41, 5.74) is 1.76. The van der Waals surface area contributed by atoms with Crippen molar-refractivity contribution in [3.8, 4) is 11.5 Å². The third-order valence-electron chi connectivity index (χ3n) is 3.02. The summed E-state index contributed by atoms with van der Waals surface area (Å²) in [5.74, 6) is 1.30. The molecule has 5 heteroatoms. The Hall–Kier alpha value is -2.69. The van der Waals surface area contributed by atoms with E-state index in [2.05, 4.69) is 10.2 Å². The van der Waals surface area contributed by atoms with Gasteiger partial charge in [0.15, 0.2) is 11.5 Å². The quantitative estimate of drug-likeness (QED) is 0.761. The van der Waals surface area contributed by atoms with E-state index in [4.69, 9.17) is 13.9 Å². The highest BCUT2D eigenvalue weighted by molar-refractivity contribution is 5.91. The zero-order valence-corrected chi connectivity index (χ0v) is 9.87. The van der Waals surface area contributed by atoms with Crippen molar-refractivity contribution in [1.29, 1.82) is 0 Å². The molecule has 0 fully saturated rings. The lowest BCUT2D eigenvalue weighted by Gasteiger charge is -2.05. The number of rotatable bonds is 2. The molecule has 0 spiro atoms. The Balaban J connectivity index is 1.76. The van der Waals surface area contributed by atoms with Crippen molar-refractivity contribution >= 4 is 10.9 Å². The van der Waals surface area contributed by atoms with Crippen LogP contribution in [0.4, 0.5) is 0 Å². The van der Waals surface area contributed by atoms with E-state index < -0.39 is 6.29 Å². The molecule has 0 unspecified atom stereocenters. The molecule has 5 nitrogen and oxygen atoms in total. The molecule has 2 aromatic heterocycles. The van der Waals surface area contributed by atoms with Crippen LogP contribution in [0.1, 0.15) is 12.1 Å². The SMILES string of the molecule is C1=COC(c2ccc(-c3n[nH]c4ccccc34)o2)O1. The van der Waals surface area contributed by atoms with Crippen LogP contribution in [0.25, 0.3) is 22.4 Å². The van der Waals surface area contributed by atoms with Crippen molar-refractivity contribution in [2.75, 3.05) is 0 Å². The van der Waals surface area contributed by atoms with Gasteiger partial charge in [-0.15, -0.1) is 0 Å². The number of ether oxygens (including phenoxy) is 2. The van der Waals surface area contributed by atoms with E-state index in [0.29, 0.717) is 11.5 Å². The number of aromatic nitrogens is 2. The second-order valence-corrected chi connectivity index (χ2v) is 4.20. The number of fused-ring (bicyclic) bond motifs is 1. The fourth-order valence-corrected chi connectivity index (χ4v) is 2.13. The number of hydrogen-bond donors (Lipinski definition) is 1. The molecule has 1 aliphatic heterocycles. The molecular weight excluding hydrogens is 244 g/mol. The van der Waals surface area contributed by atoms with Gasteiger partial charge in [0.1, 0.15) is 18.2 Å². The van der Waals surface area contributed by atoms with E-state index >= 15 is 0 Å². The average Bonchev–Trinajstić information content (AvgIpc) is 3.18. The summed E-state index contributed by atoms with van der Waals surface area (Å²) in [4.78, 5) is 0. The molecule has 19 heavy (non-hydrogen) atoms. The summed E-state index contributed by atoms with van der Waals surface area (Å²) in [5, 5.41) is 8.29. The molecule has 0 aliphatic carbocycles. The number of nitrogens with one attached hydrogen (secondary N) is 1. The van der Waals surface area contributed by atoms with Crippen LogP contribution < -0.4 is 0 Å². The molecule has 0 bridgehead atoms. The minimum atomic E-state index is -0.501. The van der Waals surface area contributed by atoms with E-state index in [1.54, 1.807) is 0 Å². The van der Waals surface area contributed by atoms with Crippen molar-refractivity contribution in [3.05, 3.63) is 54.7 Å². The van der Waals surface area contributed by atoms with Gasteiger partial charge in [0, 0.05) is 5.39 Å². The van der Waals surface area contributed by atoms with Gasteiger partial charge in [-0.25, -0.2) is 0 Å². The molecular formula is C14H10N2O3. The van der Waals surface area contributed by atoms with Gasteiger partial charge >= 0.3 is 0 Å². The maximum absolute atomic E-state index is 5.75. The lowest BCUT2D eigenvalue weighted by molar-refractivity contribution is -0.0400. The summed E-state index contributed by atoms with van der Waals surface area (Å²) in [7, 11) is 0. The summed E-state index contributed by atoms with van der Waals surface area (Å²) < 4.78 is 16.2. The molecule has 0 atom stereocenters.